The van der Waals surface area contributed by atoms with Crippen LogP contribution in [0.1, 0.15) is 12.8 Å². The van der Waals surface area contributed by atoms with Gasteiger partial charge in [0.25, 0.3) is 5.91 Å². The highest BCUT2D eigenvalue weighted by Crippen LogP contribution is 2.27. The first-order valence-corrected chi connectivity index (χ1v) is 6.98. The zero-order chi connectivity index (χ0) is 13.7. The summed E-state index contributed by atoms with van der Waals surface area (Å²) < 4.78 is 5.35. The van der Waals surface area contributed by atoms with Crippen LogP contribution in [-0.4, -0.2) is 31.6 Å². The number of rotatable bonds is 5. The maximum absolute atomic E-state index is 11.6. The van der Waals surface area contributed by atoms with Crippen LogP contribution >= 0.6 is 35.6 Å². The van der Waals surface area contributed by atoms with Gasteiger partial charge in [0.1, 0.15) is 5.75 Å². The molecule has 20 heavy (non-hydrogen) atoms. The summed E-state index contributed by atoms with van der Waals surface area (Å²) in [6.45, 7) is 1.59. The van der Waals surface area contributed by atoms with Crippen LogP contribution in [0.15, 0.2) is 18.2 Å². The molecular formula is C13H17Cl3N2O2. The molecular weight excluding hydrogens is 323 g/mol. The molecule has 7 heteroatoms. The lowest BCUT2D eigenvalue weighted by molar-refractivity contribution is -0.123. The van der Waals surface area contributed by atoms with Gasteiger partial charge >= 0.3 is 0 Å². The maximum atomic E-state index is 11.6. The van der Waals surface area contributed by atoms with E-state index in [2.05, 4.69) is 10.6 Å². The van der Waals surface area contributed by atoms with Crippen molar-refractivity contribution in [2.24, 2.45) is 0 Å². The SMILES string of the molecule is Cl.O=C(COc1cc(Cl)ccc1Cl)NCC1CCCN1. The van der Waals surface area contributed by atoms with Gasteiger partial charge in [0.05, 0.1) is 5.02 Å². The molecule has 4 nitrogen and oxygen atoms in total. The minimum atomic E-state index is -0.162. The topological polar surface area (TPSA) is 50.4 Å². The van der Waals surface area contributed by atoms with E-state index in [0.29, 0.717) is 28.4 Å². The molecule has 0 radical (unpaired) electrons. The molecule has 0 aliphatic carbocycles. The number of ether oxygens (including phenoxy) is 1. The Morgan fingerprint density at radius 1 is 1.45 bits per heavy atom. The van der Waals surface area contributed by atoms with Gasteiger partial charge in [-0.25, -0.2) is 0 Å². The molecule has 112 valence electrons. The Bertz CT molecular complexity index is 451. The predicted molar refractivity (Wildman–Crippen MR) is 83.2 cm³/mol. The molecule has 1 aromatic rings. The van der Waals surface area contributed by atoms with Gasteiger partial charge in [-0.15, -0.1) is 12.4 Å². The van der Waals surface area contributed by atoms with Crippen LogP contribution in [0.25, 0.3) is 0 Å². The molecule has 1 heterocycles. The standard InChI is InChI=1S/C13H16Cl2N2O2.ClH/c14-9-3-4-11(15)12(6-9)19-8-13(18)17-7-10-2-1-5-16-10;/h3-4,6,10,16H,1-2,5,7-8H2,(H,17,18);1H. The summed E-state index contributed by atoms with van der Waals surface area (Å²) in [5.41, 5.74) is 0. The smallest absolute Gasteiger partial charge is 0.257 e. The van der Waals surface area contributed by atoms with Gasteiger partial charge in [-0.3, -0.25) is 4.79 Å². The number of nitrogens with one attached hydrogen (secondary N) is 2. The van der Waals surface area contributed by atoms with Crippen molar-refractivity contribution in [1.82, 2.24) is 10.6 Å². The van der Waals surface area contributed by atoms with E-state index >= 15 is 0 Å². The first-order chi connectivity index (χ1) is 9.15. The third kappa shape index (κ3) is 5.37. The first kappa shape index (κ1) is 17.4. The van der Waals surface area contributed by atoms with E-state index in [1.165, 1.54) is 0 Å². The number of carbonyl (C=O) groups is 1. The fraction of sp³-hybridized carbons (Fsp3) is 0.462. The molecule has 1 atom stereocenters. The molecule has 0 aromatic heterocycles. The van der Waals surface area contributed by atoms with Gasteiger partial charge < -0.3 is 15.4 Å². The number of hydrogen-bond donors (Lipinski definition) is 2. The van der Waals surface area contributed by atoms with Crippen molar-refractivity contribution in [3.63, 3.8) is 0 Å². The fourth-order valence-corrected chi connectivity index (χ4v) is 2.28. The Morgan fingerprint density at radius 2 is 2.25 bits per heavy atom. The van der Waals surface area contributed by atoms with E-state index in [1.807, 2.05) is 0 Å². The van der Waals surface area contributed by atoms with Gasteiger partial charge in [0, 0.05) is 23.7 Å². The van der Waals surface area contributed by atoms with Crippen molar-refractivity contribution in [2.45, 2.75) is 18.9 Å². The summed E-state index contributed by atoms with van der Waals surface area (Å²) in [4.78, 5) is 11.6. The van der Waals surface area contributed by atoms with Crippen LogP contribution in [0.5, 0.6) is 5.75 Å². The van der Waals surface area contributed by atoms with E-state index in [0.717, 1.165) is 19.4 Å². The van der Waals surface area contributed by atoms with E-state index < -0.39 is 0 Å². The Morgan fingerprint density at radius 3 is 2.95 bits per heavy atom. The monoisotopic (exact) mass is 338 g/mol. The van der Waals surface area contributed by atoms with Crippen LogP contribution in [0.2, 0.25) is 10.0 Å². The lowest BCUT2D eigenvalue weighted by atomic mass is 10.2. The van der Waals surface area contributed by atoms with Crippen molar-refractivity contribution in [3.05, 3.63) is 28.2 Å². The second-order valence-electron chi connectivity index (χ2n) is 4.46. The fourth-order valence-electron chi connectivity index (χ4n) is 1.95. The largest absolute Gasteiger partial charge is 0.482 e. The molecule has 1 amide bonds. The number of hydrogen-bond acceptors (Lipinski definition) is 3. The lowest BCUT2D eigenvalue weighted by Gasteiger charge is -2.12. The summed E-state index contributed by atoms with van der Waals surface area (Å²) in [7, 11) is 0. The highest BCUT2D eigenvalue weighted by atomic mass is 35.5. The zero-order valence-electron chi connectivity index (χ0n) is 10.8. The Balaban J connectivity index is 0.00000200. The summed E-state index contributed by atoms with van der Waals surface area (Å²) in [6, 6.07) is 5.27. The lowest BCUT2D eigenvalue weighted by Crippen LogP contribution is -2.39. The second kappa shape index (κ2) is 8.57. The summed E-state index contributed by atoms with van der Waals surface area (Å²) >= 11 is 11.8. The third-order valence-corrected chi connectivity index (χ3v) is 3.51. The van der Waals surface area contributed by atoms with E-state index in [9.17, 15) is 4.79 Å². The number of carbonyl (C=O) groups excluding carboxylic acids is 1. The van der Waals surface area contributed by atoms with Crippen molar-refractivity contribution in [1.29, 1.82) is 0 Å². The molecule has 2 N–H and O–H groups in total. The Hall–Kier alpha value is -0.680. The number of benzene rings is 1. The normalized spacial score (nSPS) is 17.4. The summed E-state index contributed by atoms with van der Waals surface area (Å²) in [5, 5.41) is 7.10. The van der Waals surface area contributed by atoms with Gasteiger partial charge in [-0.2, -0.15) is 0 Å². The summed E-state index contributed by atoms with van der Waals surface area (Å²) in [6.07, 6.45) is 2.26. The highest BCUT2D eigenvalue weighted by Gasteiger charge is 2.15. The predicted octanol–water partition coefficient (Wildman–Crippen LogP) is 2.66. The van der Waals surface area contributed by atoms with Crippen LogP contribution in [-0.2, 0) is 4.79 Å². The quantitative estimate of drug-likeness (QED) is 0.867. The number of halogens is 3. The molecule has 1 unspecified atom stereocenters. The van der Waals surface area contributed by atoms with E-state index in [4.69, 9.17) is 27.9 Å². The molecule has 1 aromatic carbocycles. The van der Waals surface area contributed by atoms with Gasteiger partial charge in [-0.05, 0) is 31.5 Å². The minimum Gasteiger partial charge on any atom is -0.482 e. The van der Waals surface area contributed by atoms with E-state index in [-0.39, 0.29) is 24.9 Å². The van der Waals surface area contributed by atoms with Crippen molar-refractivity contribution < 1.29 is 9.53 Å². The van der Waals surface area contributed by atoms with Crippen molar-refractivity contribution in [3.8, 4) is 5.75 Å². The van der Waals surface area contributed by atoms with Crippen LogP contribution < -0.4 is 15.4 Å². The molecule has 0 spiro atoms. The average Bonchev–Trinajstić information content (AvgIpc) is 2.90. The van der Waals surface area contributed by atoms with Crippen LogP contribution in [0.4, 0.5) is 0 Å². The average molecular weight is 340 g/mol. The third-order valence-electron chi connectivity index (χ3n) is 2.96. The van der Waals surface area contributed by atoms with Gasteiger partial charge in [0.2, 0.25) is 0 Å². The number of amides is 1. The van der Waals surface area contributed by atoms with Crippen molar-refractivity contribution >= 4 is 41.5 Å². The molecule has 0 bridgehead atoms. The summed E-state index contributed by atoms with van der Waals surface area (Å²) in [5.74, 6) is 0.257. The molecule has 1 aliphatic rings. The minimum absolute atomic E-state index is 0. The molecule has 2 rings (SSSR count). The maximum Gasteiger partial charge on any atom is 0.257 e. The second-order valence-corrected chi connectivity index (χ2v) is 5.30. The van der Waals surface area contributed by atoms with Crippen LogP contribution in [0.3, 0.4) is 0 Å². The van der Waals surface area contributed by atoms with Crippen molar-refractivity contribution in [2.75, 3.05) is 19.7 Å². The van der Waals surface area contributed by atoms with Crippen LogP contribution in [0, 0.1) is 0 Å². The Labute approximate surface area is 134 Å². The zero-order valence-corrected chi connectivity index (χ0v) is 13.2. The Kier molecular flexibility index (Phi) is 7.45. The molecule has 1 aliphatic heterocycles. The molecule has 1 saturated heterocycles. The first-order valence-electron chi connectivity index (χ1n) is 6.23. The van der Waals surface area contributed by atoms with Gasteiger partial charge in [0.15, 0.2) is 6.61 Å². The van der Waals surface area contributed by atoms with Gasteiger partial charge in [-0.1, -0.05) is 23.2 Å². The highest BCUT2D eigenvalue weighted by molar-refractivity contribution is 6.34. The molecule has 1 fully saturated rings. The van der Waals surface area contributed by atoms with E-state index in [1.54, 1.807) is 18.2 Å². The molecule has 0 saturated carbocycles.